The molecule has 2 aromatic carbocycles. The Labute approximate surface area is 187 Å². The number of rotatable bonds is 8. The SMILES string of the molecule is Cc1ccc(-c2cnc(CCC(=O)Nc3cccc(CN4CCCC4C(N)=O)c3)o2)cc1. The van der Waals surface area contributed by atoms with Crippen LogP contribution in [0.15, 0.2) is 59.1 Å². The van der Waals surface area contributed by atoms with Crippen molar-refractivity contribution in [1.29, 1.82) is 0 Å². The van der Waals surface area contributed by atoms with Gasteiger partial charge in [0.05, 0.1) is 12.2 Å². The number of nitrogens with two attached hydrogens (primary N) is 1. The summed E-state index contributed by atoms with van der Waals surface area (Å²) in [5.74, 6) is 0.859. The normalized spacial score (nSPS) is 16.2. The molecular formula is C25H28N4O3. The Morgan fingerprint density at radius 2 is 2.03 bits per heavy atom. The summed E-state index contributed by atoms with van der Waals surface area (Å²) in [7, 11) is 0. The minimum absolute atomic E-state index is 0.103. The van der Waals surface area contributed by atoms with E-state index in [4.69, 9.17) is 10.2 Å². The fourth-order valence-corrected chi connectivity index (χ4v) is 4.04. The van der Waals surface area contributed by atoms with Crippen molar-refractivity contribution in [3.05, 3.63) is 71.7 Å². The van der Waals surface area contributed by atoms with E-state index in [1.807, 2.05) is 55.5 Å². The number of carbonyl (C=O) groups is 2. The zero-order valence-electron chi connectivity index (χ0n) is 18.2. The number of likely N-dealkylation sites (tertiary alicyclic amines) is 1. The van der Waals surface area contributed by atoms with Crippen molar-refractivity contribution in [2.75, 3.05) is 11.9 Å². The summed E-state index contributed by atoms with van der Waals surface area (Å²) in [5.41, 5.74) is 9.42. The molecule has 0 bridgehead atoms. The van der Waals surface area contributed by atoms with Gasteiger partial charge in [0.25, 0.3) is 0 Å². The van der Waals surface area contributed by atoms with Crippen molar-refractivity contribution in [3.63, 3.8) is 0 Å². The third kappa shape index (κ3) is 5.42. The number of oxazole rings is 1. The van der Waals surface area contributed by atoms with Crippen LogP contribution >= 0.6 is 0 Å². The highest BCUT2D eigenvalue weighted by molar-refractivity contribution is 5.90. The topological polar surface area (TPSA) is 101 Å². The molecule has 166 valence electrons. The Morgan fingerprint density at radius 3 is 2.81 bits per heavy atom. The Balaban J connectivity index is 1.30. The maximum atomic E-state index is 12.4. The first-order valence-corrected chi connectivity index (χ1v) is 10.9. The molecule has 3 N–H and O–H groups in total. The van der Waals surface area contributed by atoms with Crippen LogP contribution in [0.5, 0.6) is 0 Å². The highest BCUT2D eigenvalue weighted by Crippen LogP contribution is 2.23. The summed E-state index contributed by atoms with van der Waals surface area (Å²) in [4.78, 5) is 30.4. The number of nitrogens with one attached hydrogen (secondary N) is 1. The van der Waals surface area contributed by atoms with Gasteiger partial charge in [-0.1, -0.05) is 42.0 Å². The van der Waals surface area contributed by atoms with E-state index in [1.165, 1.54) is 5.56 Å². The van der Waals surface area contributed by atoms with Gasteiger partial charge in [-0.15, -0.1) is 0 Å². The average molecular weight is 433 g/mol. The van der Waals surface area contributed by atoms with Gasteiger partial charge >= 0.3 is 0 Å². The number of carbonyl (C=O) groups excluding carboxylic acids is 2. The molecular weight excluding hydrogens is 404 g/mol. The number of hydrogen-bond acceptors (Lipinski definition) is 5. The van der Waals surface area contributed by atoms with Gasteiger partial charge in [-0.25, -0.2) is 4.98 Å². The van der Waals surface area contributed by atoms with E-state index in [9.17, 15) is 9.59 Å². The van der Waals surface area contributed by atoms with E-state index in [1.54, 1.807) is 6.20 Å². The minimum Gasteiger partial charge on any atom is -0.441 e. The van der Waals surface area contributed by atoms with Crippen LogP contribution < -0.4 is 11.1 Å². The summed E-state index contributed by atoms with van der Waals surface area (Å²) < 4.78 is 5.80. The van der Waals surface area contributed by atoms with E-state index in [-0.39, 0.29) is 24.3 Å². The van der Waals surface area contributed by atoms with E-state index in [0.717, 1.165) is 36.2 Å². The Kier molecular flexibility index (Phi) is 6.66. The molecule has 1 aliphatic heterocycles. The monoisotopic (exact) mass is 432 g/mol. The van der Waals surface area contributed by atoms with Crippen LogP contribution in [-0.4, -0.2) is 34.3 Å². The lowest BCUT2D eigenvalue weighted by Gasteiger charge is -2.22. The molecule has 1 aliphatic rings. The molecule has 0 spiro atoms. The fourth-order valence-electron chi connectivity index (χ4n) is 4.04. The van der Waals surface area contributed by atoms with Crippen LogP contribution in [-0.2, 0) is 22.6 Å². The minimum atomic E-state index is -0.274. The van der Waals surface area contributed by atoms with E-state index in [2.05, 4.69) is 15.2 Å². The van der Waals surface area contributed by atoms with Crippen LogP contribution in [0.1, 0.15) is 36.3 Å². The van der Waals surface area contributed by atoms with Crippen molar-refractivity contribution in [2.24, 2.45) is 5.73 Å². The maximum absolute atomic E-state index is 12.4. The number of hydrogen-bond donors (Lipinski definition) is 2. The molecule has 7 heteroatoms. The van der Waals surface area contributed by atoms with Gasteiger partial charge in [0.15, 0.2) is 11.7 Å². The number of anilines is 1. The second-order valence-electron chi connectivity index (χ2n) is 8.26. The molecule has 1 unspecified atom stereocenters. The molecule has 7 nitrogen and oxygen atoms in total. The average Bonchev–Trinajstić information content (AvgIpc) is 3.43. The first-order valence-electron chi connectivity index (χ1n) is 10.9. The summed E-state index contributed by atoms with van der Waals surface area (Å²) >= 11 is 0. The van der Waals surface area contributed by atoms with Gasteiger partial charge in [-0.3, -0.25) is 14.5 Å². The quantitative estimate of drug-likeness (QED) is 0.566. The lowest BCUT2D eigenvalue weighted by atomic mass is 10.1. The predicted octanol–water partition coefficient (Wildman–Crippen LogP) is 3.67. The van der Waals surface area contributed by atoms with Gasteiger partial charge in [0.1, 0.15) is 0 Å². The summed E-state index contributed by atoms with van der Waals surface area (Å²) in [6.07, 6.45) is 4.16. The van der Waals surface area contributed by atoms with Crippen LogP contribution in [0.25, 0.3) is 11.3 Å². The molecule has 2 heterocycles. The van der Waals surface area contributed by atoms with E-state index >= 15 is 0 Å². The first kappa shape index (κ1) is 21.8. The summed E-state index contributed by atoms with van der Waals surface area (Å²) in [6, 6.07) is 15.5. The molecule has 1 saturated heterocycles. The van der Waals surface area contributed by atoms with Crippen LogP contribution in [0.3, 0.4) is 0 Å². The number of nitrogens with zero attached hydrogens (tertiary/aromatic N) is 2. The summed E-state index contributed by atoms with van der Waals surface area (Å²) in [6.45, 7) is 3.52. The largest absolute Gasteiger partial charge is 0.441 e. The molecule has 0 aliphatic carbocycles. The van der Waals surface area contributed by atoms with Crippen molar-refractivity contribution in [1.82, 2.24) is 9.88 Å². The number of amides is 2. The van der Waals surface area contributed by atoms with Crippen LogP contribution in [0.2, 0.25) is 0 Å². The molecule has 4 rings (SSSR count). The van der Waals surface area contributed by atoms with Crippen molar-refractivity contribution in [2.45, 2.75) is 45.2 Å². The van der Waals surface area contributed by atoms with Gasteiger partial charge in [-0.05, 0) is 44.0 Å². The third-order valence-electron chi connectivity index (χ3n) is 5.74. The number of benzene rings is 2. The van der Waals surface area contributed by atoms with E-state index < -0.39 is 0 Å². The molecule has 1 fully saturated rings. The van der Waals surface area contributed by atoms with Crippen LogP contribution in [0, 0.1) is 6.92 Å². The highest BCUT2D eigenvalue weighted by atomic mass is 16.4. The Bertz CT molecular complexity index is 1090. The zero-order chi connectivity index (χ0) is 22.5. The van der Waals surface area contributed by atoms with Gasteiger partial charge in [0.2, 0.25) is 11.8 Å². The van der Waals surface area contributed by atoms with Crippen molar-refractivity contribution < 1.29 is 14.0 Å². The predicted molar refractivity (Wildman–Crippen MR) is 123 cm³/mol. The van der Waals surface area contributed by atoms with Crippen molar-refractivity contribution >= 4 is 17.5 Å². The lowest BCUT2D eigenvalue weighted by molar-refractivity contribution is -0.122. The summed E-state index contributed by atoms with van der Waals surface area (Å²) in [5, 5.41) is 2.94. The van der Waals surface area contributed by atoms with Gasteiger partial charge in [0, 0.05) is 30.6 Å². The van der Waals surface area contributed by atoms with Gasteiger partial charge in [-0.2, -0.15) is 0 Å². The second-order valence-corrected chi connectivity index (χ2v) is 8.26. The zero-order valence-corrected chi connectivity index (χ0v) is 18.2. The molecule has 0 radical (unpaired) electrons. The molecule has 0 saturated carbocycles. The molecule has 2 amide bonds. The van der Waals surface area contributed by atoms with Crippen molar-refractivity contribution in [3.8, 4) is 11.3 Å². The first-order chi connectivity index (χ1) is 15.5. The highest BCUT2D eigenvalue weighted by Gasteiger charge is 2.28. The number of primary amides is 1. The molecule has 32 heavy (non-hydrogen) atoms. The Morgan fingerprint density at radius 1 is 1.22 bits per heavy atom. The van der Waals surface area contributed by atoms with E-state index in [0.29, 0.717) is 24.6 Å². The number of aryl methyl sites for hydroxylation is 2. The smallest absolute Gasteiger partial charge is 0.234 e. The lowest BCUT2D eigenvalue weighted by Crippen LogP contribution is -2.39. The molecule has 1 atom stereocenters. The second kappa shape index (κ2) is 9.78. The van der Waals surface area contributed by atoms with Crippen LogP contribution in [0.4, 0.5) is 5.69 Å². The fraction of sp³-hybridized carbons (Fsp3) is 0.320. The Hall–Kier alpha value is -3.45. The van der Waals surface area contributed by atoms with Gasteiger partial charge < -0.3 is 15.5 Å². The third-order valence-corrected chi connectivity index (χ3v) is 5.74. The standard InChI is InChI=1S/C25H28N4O3/c1-17-7-9-19(10-8-17)22-15-27-24(32-22)12-11-23(30)28-20-5-2-4-18(14-20)16-29-13-3-6-21(29)25(26)31/h2,4-5,7-10,14-15,21H,3,6,11-13,16H2,1H3,(H2,26,31)(H,28,30). The number of aromatic nitrogens is 1. The molecule has 3 aromatic rings. The maximum Gasteiger partial charge on any atom is 0.234 e. The molecule has 1 aromatic heterocycles.